The van der Waals surface area contributed by atoms with Crippen LogP contribution in [0.5, 0.6) is 5.75 Å². The molecular formula is C15H19FO3. The standard InChI is InChI=1S/C15H19FO3/c1-9(2)14-11(16)6-10(7-12(14)19-3)15(4-5-15)8-13(17)18/h6-7,9H,4-5,8H2,1-3H3,(H,17,18). The van der Waals surface area contributed by atoms with Gasteiger partial charge in [-0.2, -0.15) is 0 Å². The van der Waals surface area contributed by atoms with Crippen molar-refractivity contribution in [2.24, 2.45) is 0 Å². The highest BCUT2D eigenvalue weighted by molar-refractivity contribution is 5.70. The minimum Gasteiger partial charge on any atom is -0.496 e. The van der Waals surface area contributed by atoms with Crippen molar-refractivity contribution in [2.75, 3.05) is 7.11 Å². The Hall–Kier alpha value is -1.58. The molecule has 1 aliphatic carbocycles. The van der Waals surface area contributed by atoms with Crippen LogP contribution >= 0.6 is 0 Å². The van der Waals surface area contributed by atoms with Gasteiger partial charge in [0.05, 0.1) is 13.5 Å². The first-order valence-corrected chi connectivity index (χ1v) is 6.49. The topological polar surface area (TPSA) is 46.5 Å². The zero-order chi connectivity index (χ0) is 14.2. The lowest BCUT2D eigenvalue weighted by Crippen LogP contribution is -2.14. The molecule has 1 fully saturated rings. The molecule has 0 heterocycles. The van der Waals surface area contributed by atoms with E-state index in [4.69, 9.17) is 9.84 Å². The molecule has 1 aliphatic rings. The summed E-state index contributed by atoms with van der Waals surface area (Å²) in [5.74, 6) is -0.605. The van der Waals surface area contributed by atoms with Crippen LogP contribution in [0.2, 0.25) is 0 Å². The van der Waals surface area contributed by atoms with Gasteiger partial charge in [-0.15, -0.1) is 0 Å². The molecule has 4 heteroatoms. The predicted molar refractivity (Wildman–Crippen MR) is 70.2 cm³/mol. The summed E-state index contributed by atoms with van der Waals surface area (Å²) in [6, 6.07) is 3.28. The van der Waals surface area contributed by atoms with E-state index in [9.17, 15) is 9.18 Å². The number of carboxylic acid groups (broad SMARTS) is 1. The fraction of sp³-hybridized carbons (Fsp3) is 0.533. The highest BCUT2D eigenvalue weighted by atomic mass is 19.1. The second-order valence-corrected chi connectivity index (χ2v) is 5.58. The van der Waals surface area contributed by atoms with Crippen LogP contribution < -0.4 is 4.74 Å². The van der Waals surface area contributed by atoms with Crippen molar-refractivity contribution in [3.63, 3.8) is 0 Å². The maximum atomic E-state index is 14.2. The largest absolute Gasteiger partial charge is 0.496 e. The molecule has 0 radical (unpaired) electrons. The fourth-order valence-electron chi connectivity index (χ4n) is 2.64. The number of ether oxygens (including phenoxy) is 1. The van der Waals surface area contributed by atoms with E-state index >= 15 is 0 Å². The normalized spacial score (nSPS) is 16.5. The molecule has 0 atom stereocenters. The summed E-state index contributed by atoms with van der Waals surface area (Å²) >= 11 is 0. The van der Waals surface area contributed by atoms with Crippen LogP contribution in [-0.2, 0) is 10.2 Å². The average molecular weight is 266 g/mol. The molecular weight excluding hydrogens is 247 g/mol. The monoisotopic (exact) mass is 266 g/mol. The van der Waals surface area contributed by atoms with E-state index in [2.05, 4.69) is 0 Å². The van der Waals surface area contributed by atoms with Gasteiger partial charge in [0.15, 0.2) is 0 Å². The number of carboxylic acids is 1. The third-order valence-corrected chi connectivity index (χ3v) is 3.84. The van der Waals surface area contributed by atoms with Crippen LogP contribution in [0.15, 0.2) is 12.1 Å². The van der Waals surface area contributed by atoms with Crippen LogP contribution in [0.1, 0.15) is 50.2 Å². The summed E-state index contributed by atoms with van der Waals surface area (Å²) < 4.78 is 19.5. The molecule has 0 bridgehead atoms. The van der Waals surface area contributed by atoms with E-state index in [1.165, 1.54) is 13.2 Å². The second-order valence-electron chi connectivity index (χ2n) is 5.58. The van der Waals surface area contributed by atoms with Crippen molar-refractivity contribution in [1.82, 2.24) is 0 Å². The molecule has 1 N–H and O–H groups in total. The minimum absolute atomic E-state index is 0.0265. The third-order valence-electron chi connectivity index (χ3n) is 3.84. The minimum atomic E-state index is -0.843. The summed E-state index contributed by atoms with van der Waals surface area (Å²) in [6.45, 7) is 3.81. The van der Waals surface area contributed by atoms with Crippen LogP contribution in [0.4, 0.5) is 4.39 Å². The van der Waals surface area contributed by atoms with Crippen LogP contribution in [-0.4, -0.2) is 18.2 Å². The predicted octanol–water partition coefficient (Wildman–Crippen LogP) is 3.46. The van der Waals surface area contributed by atoms with Crippen molar-refractivity contribution in [1.29, 1.82) is 0 Å². The zero-order valence-corrected chi connectivity index (χ0v) is 11.5. The molecule has 1 aromatic rings. The van der Waals surface area contributed by atoms with Crippen LogP contribution in [0.3, 0.4) is 0 Å². The molecule has 1 saturated carbocycles. The molecule has 0 saturated heterocycles. The lowest BCUT2D eigenvalue weighted by Gasteiger charge is -2.19. The van der Waals surface area contributed by atoms with Crippen molar-refractivity contribution in [3.8, 4) is 5.75 Å². The van der Waals surface area contributed by atoms with Gasteiger partial charge >= 0.3 is 5.97 Å². The SMILES string of the molecule is COc1cc(C2(CC(=O)O)CC2)cc(F)c1C(C)C. The Bertz CT molecular complexity index is 504. The Kier molecular flexibility index (Phi) is 3.52. The van der Waals surface area contributed by atoms with E-state index in [-0.39, 0.29) is 18.2 Å². The number of rotatable bonds is 5. The quantitative estimate of drug-likeness (QED) is 0.887. The molecule has 0 aliphatic heterocycles. The highest BCUT2D eigenvalue weighted by Gasteiger charge is 2.46. The van der Waals surface area contributed by atoms with E-state index in [0.717, 1.165) is 18.4 Å². The Balaban J connectivity index is 2.44. The van der Waals surface area contributed by atoms with Gasteiger partial charge in [0.1, 0.15) is 11.6 Å². The Morgan fingerprint density at radius 3 is 2.53 bits per heavy atom. The summed E-state index contributed by atoms with van der Waals surface area (Å²) in [7, 11) is 1.52. The lowest BCUT2D eigenvalue weighted by atomic mass is 9.89. The van der Waals surface area contributed by atoms with Crippen LogP contribution in [0.25, 0.3) is 0 Å². The third kappa shape index (κ3) is 2.57. The Morgan fingerprint density at radius 2 is 2.11 bits per heavy atom. The molecule has 0 unspecified atom stereocenters. The molecule has 0 amide bonds. The van der Waals surface area contributed by atoms with E-state index < -0.39 is 11.4 Å². The molecule has 0 spiro atoms. The van der Waals surface area contributed by atoms with Crippen molar-refractivity contribution in [3.05, 3.63) is 29.1 Å². The lowest BCUT2D eigenvalue weighted by molar-refractivity contribution is -0.137. The number of halogens is 1. The first-order valence-electron chi connectivity index (χ1n) is 6.49. The summed E-state index contributed by atoms with van der Waals surface area (Å²) in [5, 5.41) is 8.96. The van der Waals surface area contributed by atoms with Gasteiger partial charge in [0.25, 0.3) is 0 Å². The van der Waals surface area contributed by atoms with Crippen molar-refractivity contribution < 1.29 is 19.0 Å². The summed E-state index contributed by atoms with van der Waals surface area (Å²) in [4.78, 5) is 10.9. The van der Waals surface area contributed by atoms with Gasteiger partial charge in [-0.25, -0.2) is 4.39 Å². The van der Waals surface area contributed by atoms with Gasteiger partial charge in [0, 0.05) is 11.0 Å². The number of benzene rings is 1. The maximum Gasteiger partial charge on any atom is 0.304 e. The summed E-state index contributed by atoms with van der Waals surface area (Å²) in [5.41, 5.74) is 0.904. The van der Waals surface area contributed by atoms with Crippen LogP contribution in [0, 0.1) is 5.82 Å². The first kappa shape index (κ1) is 13.8. The Labute approximate surface area is 112 Å². The van der Waals surface area contributed by atoms with E-state index in [1.54, 1.807) is 6.07 Å². The van der Waals surface area contributed by atoms with Gasteiger partial charge in [-0.1, -0.05) is 13.8 Å². The molecule has 3 nitrogen and oxygen atoms in total. The smallest absolute Gasteiger partial charge is 0.304 e. The zero-order valence-electron chi connectivity index (χ0n) is 11.5. The fourth-order valence-corrected chi connectivity index (χ4v) is 2.64. The van der Waals surface area contributed by atoms with Gasteiger partial charge in [-0.3, -0.25) is 4.79 Å². The average Bonchev–Trinajstić information content (AvgIpc) is 3.07. The summed E-state index contributed by atoms with van der Waals surface area (Å²) in [6.07, 6.45) is 1.64. The maximum absolute atomic E-state index is 14.2. The van der Waals surface area contributed by atoms with Crippen molar-refractivity contribution in [2.45, 2.75) is 44.4 Å². The molecule has 104 valence electrons. The van der Waals surface area contributed by atoms with Crippen molar-refractivity contribution >= 4 is 5.97 Å². The van der Waals surface area contributed by atoms with Gasteiger partial charge in [-0.05, 0) is 36.5 Å². The van der Waals surface area contributed by atoms with Gasteiger partial charge < -0.3 is 9.84 Å². The molecule has 0 aromatic heterocycles. The highest BCUT2D eigenvalue weighted by Crippen LogP contribution is 2.52. The first-order chi connectivity index (χ1) is 8.89. The Morgan fingerprint density at radius 1 is 1.47 bits per heavy atom. The number of methoxy groups -OCH3 is 1. The number of carbonyl (C=O) groups is 1. The van der Waals surface area contributed by atoms with E-state index in [1.807, 2.05) is 13.8 Å². The van der Waals surface area contributed by atoms with E-state index in [0.29, 0.717) is 11.3 Å². The number of hydrogen-bond donors (Lipinski definition) is 1. The molecule has 19 heavy (non-hydrogen) atoms. The molecule has 2 rings (SSSR count). The van der Waals surface area contributed by atoms with Gasteiger partial charge in [0.2, 0.25) is 0 Å². The molecule has 1 aromatic carbocycles. The number of aliphatic carboxylic acids is 1. The number of hydrogen-bond acceptors (Lipinski definition) is 2. The second kappa shape index (κ2) is 4.83.